The van der Waals surface area contributed by atoms with Crippen molar-refractivity contribution in [3.8, 4) is 0 Å². The number of nitrogens with one attached hydrogen (secondary N) is 1. The maximum atomic E-state index is 12.6. The first-order valence-electron chi connectivity index (χ1n) is 19.0. The van der Waals surface area contributed by atoms with E-state index in [1.807, 2.05) is 21.1 Å². The smallest absolute Gasteiger partial charge is 0.268 e. The van der Waals surface area contributed by atoms with Crippen LogP contribution >= 0.6 is 7.82 Å². The van der Waals surface area contributed by atoms with E-state index in [4.69, 9.17) is 9.05 Å². The number of phosphoric ester groups is 1. The summed E-state index contributed by atoms with van der Waals surface area (Å²) in [5.41, 5.74) is 0. The maximum absolute atomic E-state index is 12.6. The number of carbonyl (C=O) groups excluding carboxylic acids is 1. The Balaban J connectivity index is 4.00. The number of phosphoric acid groups is 1. The van der Waals surface area contributed by atoms with Crippen molar-refractivity contribution in [2.24, 2.45) is 0 Å². The third-order valence-electron chi connectivity index (χ3n) is 8.50. The molecule has 3 atom stereocenters. The summed E-state index contributed by atoms with van der Waals surface area (Å²) in [6, 6.07) is -0.793. The van der Waals surface area contributed by atoms with Gasteiger partial charge in [0.05, 0.1) is 39.9 Å². The van der Waals surface area contributed by atoms with Crippen LogP contribution in [0, 0.1) is 0 Å². The number of hydrogen-bond donors (Lipinski definition) is 2. The first-order chi connectivity index (χ1) is 22.0. The van der Waals surface area contributed by atoms with Gasteiger partial charge in [0.1, 0.15) is 13.2 Å². The minimum Gasteiger partial charge on any atom is -0.756 e. The molecule has 0 saturated heterocycles. The number of unbranched alkanes of at least 4 members (excludes halogenated alkanes) is 19. The molecule has 0 aliphatic rings. The maximum Gasteiger partial charge on any atom is 0.268 e. The first-order valence-corrected chi connectivity index (χ1v) is 20.5. The molecule has 0 rings (SSSR count). The number of aliphatic hydroxyl groups is 1. The van der Waals surface area contributed by atoms with Crippen LogP contribution in [0.5, 0.6) is 0 Å². The van der Waals surface area contributed by atoms with Gasteiger partial charge in [-0.2, -0.15) is 0 Å². The Morgan fingerprint density at radius 2 is 1.20 bits per heavy atom. The molecule has 0 aromatic heterocycles. The van der Waals surface area contributed by atoms with Gasteiger partial charge in [-0.25, -0.2) is 0 Å². The van der Waals surface area contributed by atoms with E-state index < -0.39 is 20.0 Å². The Bertz CT molecular complexity index is 773. The molecule has 3 unspecified atom stereocenters. The van der Waals surface area contributed by atoms with Crippen LogP contribution in [-0.2, 0) is 18.4 Å². The van der Waals surface area contributed by atoms with Crippen LogP contribution in [0.1, 0.15) is 168 Å². The van der Waals surface area contributed by atoms with Crippen molar-refractivity contribution in [2.45, 2.75) is 180 Å². The molecule has 0 bridgehead atoms. The summed E-state index contributed by atoms with van der Waals surface area (Å²) in [4.78, 5) is 24.9. The Morgan fingerprint density at radius 1 is 0.739 bits per heavy atom. The molecule has 274 valence electrons. The number of likely N-dealkylation sites (N-methyl/N-ethyl adjacent to an activating group) is 1. The monoisotopic (exact) mass is 675 g/mol. The summed E-state index contributed by atoms with van der Waals surface area (Å²) in [5, 5.41) is 13.5. The number of carbonyl (C=O) groups is 1. The summed E-state index contributed by atoms with van der Waals surface area (Å²) in [5.74, 6) is -0.179. The highest BCUT2D eigenvalue weighted by Gasteiger charge is 2.24. The topological polar surface area (TPSA) is 108 Å². The number of nitrogens with zero attached hydrogens (tertiary/aromatic N) is 1. The largest absolute Gasteiger partial charge is 0.756 e. The Kier molecular flexibility index (Phi) is 29.8. The molecule has 8 nitrogen and oxygen atoms in total. The fourth-order valence-electron chi connectivity index (χ4n) is 5.38. The average Bonchev–Trinajstić information content (AvgIpc) is 2.99. The molecular formula is C37H75N2O6P. The standard InChI is InChI=1S/C37H75N2O6P/c1-6-8-10-11-12-13-14-15-16-17-18-19-20-21-22-23-24-25-26-27-29-31-37(41)38-35(36(40)30-28-9-7-2)34-45-46(42,43)44-33-32-39(3,4)5/h17-18,35-36,40H,6-16,19-34H2,1-5H3,(H-,38,41,42,43)/b18-17-. The summed E-state index contributed by atoms with van der Waals surface area (Å²) in [7, 11) is 1.30. The number of rotatable bonds is 34. The zero-order chi connectivity index (χ0) is 34.4. The average molecular weight is 675 g/mol. The number of aliphatic hydroxyl groups excluding tert-OH is 1. The van der Waals surface area contributed by atoms with Gasteiger partial charge < -0.3 is 28.8 Å². The van der Waals surface area contributed by atoms with Gasteiger partial charge in [-0.05, 0) is 38.5 Å². The number of allylic oxidation sites excluding steroid dienone is 2. The predicted octanol–water partition coefficient (Wildman–Crippen LogP) is 9.00. The van der Waals surface area contributed by atoms with Crippen molar-refractivity contribution in [3.63, 3.8) is 0 Å². The fourth-order valence-corrected chi connectivity index (χ4v) is 6.11. The second-order valence-electron chi connectivity index (χ2n) is 14.3. The van der Waals surface area contributed by atoms with Crippen molar-refractivity contribution in [1.29, 1.82) is 0 Å². The number of hydrogen-bond acceptors (Lipinski definition) is 6. The summed E-state index contributed by atoms with van der Waals surface area (Å²) >= 11 is 0. The summed E-state index contributed by atoms with van der Waals surface area (Å²) in [6.45, 7) is 4.54. The Hall–Kier alpha value is -0.760. The molecule has 0 aliphatic carbocycles. The van der Waals surface area contributed by atoms with Gasteiger partial charge >= 0.3 is 0 Å². The van der Waals surface area contributed by atoms with Crippen LogP contribution in [0.2, 0.25) is 0 Å². The molecule has 0 heterocycles. The lowest BCUT2D eigenvalue weighted by Crippen LogP contribution is -2.46. The molecule has 46 heavy (non-hydrogen) atoms. The Labute approximate surface area is 284 Å². The summed E-state index contributed by atoms with van der Waals surface area (Å²) in [6.07, 6.45) is 31.5. The molecule has 0 aromatic carbocycles. The van der Waals surface area contributed by atoms with Crippen molar-refractivity contribution < 1.29 is 32.9 Å². The van der Waals surface area contributed by atoms with E-state index in [0.29, 0.717) is 23.9 Å². The molecular weight excluding hydrogens is 599 g/mol. The van der Waals surface area contributed by atoms with E-state index in [-0.39, 0.29) is 19.1 Å². The van der Waals surface area contributed by atoms with Gasteiger partial charge in [0.15, 0.2) is 0 Å². The van der Waals surface area contributed by atoms with Crippen molar-refractivity contribution in [3.05, 3.63) is 12.2 Å². The third kappa shape index (κ3) is 31.8. The molecule has 9 heteroatoms. The van der Waals surface area contributed by atoms with E-state index in [9.17, 15) is 19.4 Å². The number of quaternary nitrogens is 1. The van der Waals surface area contributed by atoms with Crippen LogP contribution in [0.3, 0.4) is 0 Å². The zero-order valence-electron chi connectivity index (χ0n) is 30.8. The van der Waals surface area contributed by atoms with Crippen LogP contribution in [-0.4, -0.2) is 68.5 Å². The normalized spacial score (nSPS) is 14.8. The van der Waals surface area contributed by atoms with Gasteiger partial charge in [-0.15, -0.1) is 0 Å². The van der Waals surface area contributed by atoms with Gasteiger partial charge in [-0.1, -0.05) is 135 Å². The van der Waals surface area contributed by atoms with Crippen LogP contribution in [0.25, 0.3) is 0 Å². The van der Waals surface area contributed by atoms with E-state index in [2.05, 4.69) is 31.3 Å². The van der Waals surface area contributed by atoms with Gasteiger partial charge in [0, 0.05) is 6.42 Å². The second kappa shape index (κ2) is 30.3. The highest BCUT2D eigenvalue weighted by Crippen LogP contribution is 2.38. The fraction of sp³-hybridized carbons (Fsp3) is 0.919. The lowest BCUT2D eigenvalue weighted by atomic mass is 10.0. The van der Waals surface area contributed by atoms with Gasteiger partial charge in [-0.3, -0.25) is 9.36 Å². The molecule has 0 aromatic rings. The van der Waals surface area contributed by atoms with Crippen molar-refractivity contribution >= 4 is 13.7 Å². The summed E-state index contributed by atoms with van der Waals surface area (Å²) < 4.78 is 22.9. The molecule has 1 amide bonds. The van der Waals surface area contributed by atoms with Gasteiger partial charge in [0.25, 0.3) is 7.82 Å². The second-order valence-corrected chi connectivity index (χ2v) is 15.7. The zero-order valence-corrected chi connectivity index (χ0v) is 31.7. The van der Waals surface area contributed by atoms with E-state index in [1.165, 1.54) is 103 Å². The minimum absolute atomic E-state index is 0.0113. The van der Waals surface area contributed by atoms with Crippen LogP contribution < -0.4 is 10.2 Å². The molecule has 0 radical (unpaired) electrons. The lowest BCUT2D eigenvalue weighted by Gasteiger charge is -2.30. The highest BCUT2D eigenvalue weighted by molar-refractivity contribution is 7.45. The van der Waals surface area contributed by atoms with Crippen molar-refractivity contribution in [2.75, 3.05) is 40.9 Å². The molecule has 0 saturated carbocycles. The van der Waals surface area contributed by atoms with E-state index in [1.54, 1.807) is 0 Å². The Morgan fingerprint density at radius 3 is 1.70 bits per heavy atom. The van der Waals surface area contributed by atoms with E-state index >= 15 is 0 Å². The van der Waals surface area contributed by atoms with Crippen LogP contribution in [0.4, 0.5) is 0 Å². The SMILES string of the molecule is CCCCCCCCCC/C=C\CCCCCCCCCCCC(=O)NC(COP(=O)([O-])OCC[N+](C)(C)C)C(O)CCCCC. The van der Waals surface area contributed by atoms with Crippen molar-refractivity contribution in [1.82, 2.24) is 5.32 Å². The van der Waals surface area contributed by atoms with Crippen LogP contribution in [0.15, 0.2) is 12.2 Å². The third-order valence-corrected chi connectivity index (χ3v) is 9.47. The first kappa shape index (κ1) is 45.2. The predicted molar refractivity (Wildman–Crippen MR) is 192 cm³/mol. The number of amides is 1. The molecule has 2 N–H and O–H groups in total. The quantitative estimate of drug-likeness (QED) is 0.0305. The van der Waals surface area contributed by atoms with Gasteiger partial charge in [0.2, 0.25) is 5.91 Å². The lowest BCUT2D eigenvalue weighted by molar-refractivity contribution is -0.870. The molecule has 0 aliphatic heterocycles. The minimum atomic E-state index is -4.53. The molecule has 0 fully saturated rings. The molecule has 0 spiro atoms. The van der Waals surface area contributed by atoms with E-state index in [0.717, 1.165) is 38.5 Å². The highest BCUT2D eigenvalue weighted by atomic mass is 31.2.